The summed E-state index contributed by atoms with van der Waals surface area (Å²) >= 11 is 6.34. The zero-order valence-corrected chi connectivity index (χ0v) is 24.7. The van der Waals surface area contributed by atoms with Crippen molar-refractivity contribution < 1.29 is 22.4 Å². The first-order valence-corrected chi connectivity index (χ1v) is 14.9. The van der Waals surface area contributed by atoms with Crippen molar-refractivity contribution in [3.05, 3.63) is 94.3 Å². The van der Waals surface area contributed by atoms with Crippen LogP contribution in [-0.2, 0) is 26.2 Å². The second-order valence-electron chi connectivity index (χ2n) is 9.64. The lowest BCUT2D eigenvalue weighted by atomic mass is 10.1. The van der Waals surface area contributed by atoms with Gasteiger partial charge in [0.2, 0.25) is 11.8 Å². The fourth-order valence-corrected chi connectivity index (χ4v) is 5.79. The maximum atomic E-state index is 14.6. The van der Waals surface area contributed by atoms with Gasteiger partial charge in [-0.2, -0.15) is 0 Å². The average molecular weight is 588 g/mol. The van der Waals surface area contributed by atoms with Crippen molar-refractivity contribution in [2.75, 3.05) is 17.4 Å². The molecule has 0 radical (unpaired) electrons. The van der Waals surface area contributed by atoms with E-state index in [4.69, 9.17) is 11.6 Å². The largest absolute Gasteiger partial charge is 0.354 e. The number of halogens is 2. The molecule has 214 valence electrons. The summed E-state index contributed by atoms with van der Waals surface area (Å²) in [6.45, 7) is 6.62. The van der Waals surface area contributed by atoms with Crippen LogP contribution in [-0.4, -0.2) is 44.3 Å². The molecule has 10 heteroatoms. The summed E-state index contributed by atoms with van der Waals surface area (Å²) in [6.07, 6.45) is 1.63. The molecule has 0 spiro atoms. The zero-order chi connectivity index (χ0) is 29.4. The Morgan fingerprint density at radius 1 is 1.00 bits per heavy atom. The lowest BCUT2D eigenvalue weighted by molar-refractivity contribution is -0.139. The van der Waals surface area contributed by atoms with E-state index in [0.29, 0.717) is 17.1 Å². The number of nitrogens with one attached hydrogen (secondary N) is 1. The highest BCUT2D eigenvalue weighted by Gasteiger charge is 2.33. The van der Waals surface area contributed by atoms with Gasteiger partial charge >= 0.3 is 0 Å². The van der Waals surface area contributed by atoms with Gasteiger partial charge in [0, 0.05) is 23.7 Å². The minimum absolute atomic E-state index is 0.00344. The first kappa shape index (κ1) is 31.1. The van der Waals surface area contributed by atoms with Crippen molar-refractivity contribution in [2.45, 2.75) is 58.0 Å². The van der Waals surface area contributed by atoms with E-state index >= 15 is 0 Å². The third-order valence-corrected chi connectivity index (χ3v) is 8.87. The van der Waals surface area contributed by atoms with Crippen LogP contribution >= 0.6 is 11.6 Å². The number of carbonyl (C=O) groups is 2. The van der Waals surface area contributed by atoms with Gasteiger partial charge in [0.15, 0.2) is 0 Å². The van der Waals surface area contributed by atoms with Crippen LogP contribution in [0.3, 0.4) is 0 Å². The summed E-state index contributed by atoms with van der Waals surface area (Å²) in [5, 5.41) is 3.14. The van der Waals surface area contributed by atoms with Gasteiger partial charge in [-0.3, -0.25) is 13.9 Å². The van der Waals surface area contributed by atoms with Crippen LogP contribution < -0.4 is 9.62 Å². The molecule has 7 nitrogen and oxygen atoms in total. The van der Waals surface area contributed by atoms with Crippen LogP contribution in [0.25, 0.3) is 0 Å². The molecule has 0 bridgehead atoms. The molecule has 0 aliphatic rings. The normalized spacial score (nSPS) is 12.1. The van der Waals surface area contributed by atoms with Gasteiger partial charge in [0.1, 0.15) is 18.4 Å². The molecule has 3 aromatic carbocycles. The lowest BCUT2D eigenvalue weighted by Crippen LogP contribution is -2.51. The third-order valence-electron chi connectivity index (χ3n) is 6.69. The van der Waals surface area contributed by atoms with Crippen LogP contribution in [0.1, 0.15) is 43.4 Å². The van der Waals surface area contributed by atoms with Gasteiger partial charge < -0.3 is 10.2 Å². The number of benzene rings is 3. The Balaban J connectivity index is 2.05. The van der Waals surface area contributed by atoms with Gasteiger partial charge in [-0.25, -0.2) is 12.8 Å². The summed E-state index contributed by atoms with van der Waals surface area (Å²) in [4.78, 5) is 28.1. The Hall–Kier alpha value is -3.43. The number of sulfonamides is 1. The molecule has 0 fully saturated rings. The van der Waals surface area contributed by atoms with Crippen LogP contribution in [0.4, 0.5) is 10.1 Å². The second kappa shape index (κ2) is 13.8. The van der Waals surface area contributed by atoms with E-state index in [1.54, 1.807) is 50.2 Å². The summed E-state index contributed by atoms with van der Waals surface area (Å²) < 4.78 is 43.5. The Labute approximate surface area is 241 Å². The molecule has 0 heterocycles. The van der Waals surface area contributed by atoms with E-state index in [-0.39, 0.29) is 22.7 Å². The van der Waals surface area contributed by atoms with Crippen molar-refractivity contribution in [1.29, 1.82) is 0 Å². The molecular formula is C30H35ClFN3O4S. The maximum Gasteiger partial charge on any atom is 0.264 e. The summed E-state index contributed by atoms with van der Waals surface area (Å²) in [5.41, 5.74) is 1.78. The number of hydrogen-bond donors (Lipinski definition) is 1. The predicted octanol–water partition coefficient (Wildman–Crippen LogP) is 5.62. The topological polar surface area (TPSA) is 86.8 Å². The van der Waals surface area contributed by atoms with Crippen LogP contribution in [0.5, 0.6) is 0 Å². The second-order valence-corrected chi connectivity index (χ2v) is 11.9. The molecule has 3 rings (SSSR count). The van der Waals surface area contributed by atoms with E-state index in [0.717, 1.165) is 22.7 Å². The number of carbonyl (C=O) groups excluding carboxylic acids is 2. The fraction of sp³-hybridized carbons (Fsp3) is 0.333. The van der Waals surface area contributed by atoms with Gasteiger partial charge in [-0.1, -0.05) is 66.9 Å². The number of aryl methyl sites for hydroxylation is 1. The van der Waals surface area contributed by atoms with Crippen molar-refractivity contribution >= 4 is 39.1 Å². The minimum atomic E-state index is -4.23. The first-order valence-electron chi connectivity index (χ1n) is 13.1. The molecule has 0 aliphatic heterocycles. The molecule has 0 aliphatic carbocycles. The highest BCUT2D eigenvalue weighted by molar-refractivity contribution is 7.92. The SMILES string of the molecule is CCCCNC(=O)[C@@H](C)N(Cc1ccccc1F)C(=O)CN(c1cccc(Cl)c1C)S(=O)(=O)c1ccc(C)cc1. The number of hydrogen-bond acceptors (Lipinski definition) is 4. The zero-order valence-electron chi connectivity index (χ0n) is 23.2. The van der Waals surface area contributed by atoms with E-state index in [2.05, 4.69) is 5.32 Å². The standard InChI is InChI=1S/C30H35ClFN3O4S/c1-5-6-18-33-30(37)23(4)34(19-24-10-7-8-12-27(24)32)29(36)20-35(28-13-9-11-26(31)22(28)3)40(38,39)25-16-14-21(2)15-17-25/h7-17,23H,5-6,18-20H2,1-4H3,(H,33,37)/t23-/m1/s1. The monoisotopic (exact) mass is 587 g/mol. The van der Waals surface area contributed by atoms with Gasteiger partial charge in [-0.15, -0.1) is 0 Å². The number of rotatable bonds is 12. The molecule has 1 atom stereocenters. The van der Waals surface area contributed by atoms with Gasteiger partial charge in [0.25, 0.3) is 10.0 Å². The first-order chi connectivity index (χ1) is 19.0. The molecule has 2 amide bonds. The number of anilines is 1. The van der Waals surface area contributed by atoms with E-state index in [1.165, 1.54) is 35.2 Å². The summed E-state index contributed by atoms with van der Waals surface area (Å²) in [7, 11) is -4.23. The molecule has 0 unspecified atom stereocenters. The van der Waals surface area contributed by atoms with Crippen molar-refractivity contribution in [1.82, 2.24) is 10.2 Å². The fourth-order valence-electron chi connectivity index (χ4n) is 4.15. The Kier molecular flexibility index (Phi) is 10.7. The Bertz CT molecular complexity index is 1450. The van der Waals surface area contributed by atoms with E-state index < -0.39 is 40.2 Å². The number of nitrogens with zero attached hydrogens (tertiary/aromatic N) is 2. The Morgan fingerprint density at radius 3 is 2.33 bits per heavy atom. The summed E-state index contributed by atoms with van der Waals surface area (Å²) in [6, 6.07) is 16.1. The van der Waals surface area contributed by atoms with Gasteiger partial charge in [-0.05, 0) is 63.1 Å². The smallest absolute Gasteiger partial charge is 0.264 e. The average Bonchev–Trinajstić information content (AvgIpc) is 2.92. The predicted molar refractivity (Wildman–Crippen MR) is 156 cm³/mol. The summed E-state index contributed by atoms with van der Waals surface area (Å²) in [5.74, 6) is -1.62. The van der Waals surface area contributed by atoms with Crippen molar-refractivity contribution in [3.63, 3.8) is 0 Å². The lowest BCUT2D eigenvalue weighted by Gasteiger charge is -2.32. The van der Waals surface area contributed by atoms with Crippen LogP contribution in [0.2, 0.25) is 5.02 Å². The van der Waals surface area contributed by atoms with Crippen LogP contribution in [0.15, 0.2) is 71.6 Å². The van der Waals surface area contributed by atoms with Crippen molar-refractivity contribution in [3.8, 4) is 0 Å². The molecule has 3 aromatic rings. The number of unbranched alkanes of at least 4 members (excludes halogenated alkanes) is 1. The highest BCUT2D eigenvalue weighted by Crippen LogP contribution is 2.31. The van der Waals surface area contributed by atoms with E-state index in [9.17, 15) is 22.4 Å². The number of amides is 2. The van der Waals surface area contributed by atoms with Crippen LogP contribution in [0, 0.1) is 19.7 Å². The molecule has 0 saturated carbocycles. The highest BCUT2D eigenvalue weighted by atomic mass is 35.5. The molecule has 0 saturated heterocycles. The Morgan fingerprint density at radius 2 is 1.68 bits per heavy atom. The molecular weight excluding hydrogens is 553 g/mol. The molecule has 0 aromatic heterocycles. The van der Waals surface area contributed by atoms with E-state index in [1.807, 2.05) is 13.8 Å². The van der Waals surface area contributed by atoms with Gasteiger partial charge in [0.05, 0.1) is 10.6 Å². The minimum Gasteiger partial charge on any atom is -0.354 e. The quantitative estimate of drug-likeness (QED) is 0.279. The molecule has 40 heavy (non-hydrogen) atoms. The van der Waals surface area contributed by atoms with Crippen molar-refractivity contribution in [2.24, 2.45) is 0 Å². The molecule has 1 N–H and O–H groups in total. The maximum absolute atomic E-state index is 14.6. The third kappa shape index (κ3) is 7.40.